The SMILES string of the molecule is Cc1nccn1Cc1ccccc1NC(=O)c1ccccc1F. The van der Waals surface area contributed by atoms with Crippen molar-refractivity contribution in [1.82, 2.24) is 9.55 Å². The summed E-state index contributed by atoms with van der Waals surface area (Å²) < 4.78 is 15.7. The first-order valence-electron chi connectivity index (χ1n) is 7.26. The molecule has 0 bridgehead atoms. The largest absolute Gasteiger partial charge is 0.331 e. The Morgan fingerprint density at radius 1 is 1.17 bits per heavy atom. The van der Waals surface area contributed by atoms with Crippen LogP contribution in [-0.2, 0) is 6.54 Å². The van der Waals surface area contributed by atoms with Gasteiger partial charge in [-0.15, -0.1) is 0 Å². The first-order valence-corrected chi connectivity index (χ1v) is 7.26. The Morgan fingerprint density at radius 3 is 2.65 bits per heavy atom. The number of nitrogens with one attached hydrogen (secondary N) is 1. The van der Waals surface area contributed by atoms with Gasteiger partial charge in [0, 0.05) is 18.1 Å². The fraction of sp³-hybridized carbons (Fsp3) is 0.111. The van der Waals surface area contributed by atoms with E-state index in [1.54, 1.807) is 24.4 Å². The van der Waals surface area contributed by atoms with Crippen molar-refractivity contribution in [3.63, 3.8) is 0 Å². The molecule has 3 rings (SSSR count). The molecule has 5 heteroatoms. The van der Waals surface area contributed by atoms with E-state index in [1.165, 1.54) is 12.1 Å². The Morgan fingerprint density at radius 2 is 1.91 bits per heavy atom. The predicted molar refractivity (Wildman–Crippen MR) is 86.9 cm³/mol. The lowest BCUT2D eigenvalue weighted by molar-refractivity contribution is 0.102. The second-order valence-electron chi connectivity index (χ2n) is 5.19. The minimum absolute atomic E-state index is 0.0288. The molecule has 0 atom stereocenters. The molecule has 1 N–H and O–H groups in total. The Hall–Kier alpha value is -2.95. The minimum atomic E-state index is -0.534. The standard InChI is InChI=1S/C18H16FN3O/c1-13-20-10-11-22(13)12-14-6-2-5-9-17(14)21-18(23)15-7-3-4-8-16(15)19/h2-11H,12H2,1H3,(H,21,23). The van der Waals surface area contributed by atoms with E-state index in [2.05, 4.69) is 10.3 Å². The number of amides is 1. The maximum absolute atomic E-state index is 13.7. The summed E-state index contributed by atoms with van der Waals surface area (Å²) in [7, 11) is 0. The molecule has 1 heterocycles. The third-order valence-corrected chi connectivity index (χ3v) is 3.65. The Labute approximate surface area is 133 Å². The number of carbonyl (C=O) groups excluding carboxylic acids is 1. The van der Waals surface area contributed by atoms with E-state index in [4.69, 9.17) is 0 Å². The summed E-state index contributed by atoms with van der Waals surface area (Å²) in [5.41, 5.74) is 1.62. The van der Waals surface area contributed by atoms with Crippen LogP contribution in [0.2, 0.25) is 0 Å². The number of anilines is 1. The van der Waals surface area contributed by atoms with Crippen molar-refractivity contribution in [2.24, 2.45) is 0 Å². The number of aryl methyl sites for hydroxylation is 1. The van der Waals surface area contributed by atoms with Gasteiger partial charge in [-0.2, -0.15) is 0 Å². The van der Waals surface area contributed by atoms with Gasteiger partial charge >= 0.3 is 0 Å². The van der Waals surface area contributed by atoms with Gasteiger partial charge in [0.1, 0.15) is 11.6 Å². The summed E-state index contributed by atoms with van der Waals surface area (Å²) in [4.78, 5) is 16.5. The number of hydrogen-bond acceptors (Lipinski definition) is 2. The van der Waals surface area contributed by atoms with Crippen LogP contribution in [0.25, 0.3) is 0 Å². The third-order valence-electron chi connectivity index (χ3n) is 3.65. The van der Waals surface area contributed by atoms with Gasteiger partial charge in [0.05, 0.1) is 12.1 Å². The van der Waals surface area contributed by atoms with Gasteiger partial charge < -0.3 is 9.88 Å². The normalized spacial score (nSPS) is 10.5. The van der Waals surface area contributed by atoms with Crippen molar-refractivity contribution in [3.8, 4) is 0 Å². The fourth-order valence-electron chi connectivity index (χ4n) is 2.37. The molecule has 0 aliphatic carbocycles. The lowest BCUT2D eigenvalue weighted by atomic mass is 10.1. The Kier molecular flexibility index (Phi) is 4.19. The lowest BCUT2D eigenvalue weighted by Gasteiger charge is -2.13. The number of hydrogen-bond donors (Lipinski definition) is 1. The van der Waals surface area contributed by atoms with E-state index in [0.29, 0.717) is 12.2 Å². The number of carbonyl (C=O) groups is 1. The highest BCUT2D eigenvalue weighted by atomic mass is 19.1. The number of benzene rings is 2. The Bertz CT molecular complexity index is 842. The average molecular weight is 309 g/mol. The molecule has 0 spiro atoms. The molecule has 23 heavy (non-hydrogen) atoms. The highest BCUT2D eigenvalue weighted by Crippen LogP contribution is 2.19. The molecule has 0 unspecified atom stereocenters. The van der Waals surface area contributed by atoms with E-state index < -0.39 is 11.7 Å². The van der Waals surface area contributed by atoms with Crippen LogP contribution in [0, 0.1) is 12.7 Å². The molecule has 4 nitrogen and oxygen atoms in total. The molecule has 0 saturated carbocycles. The van der Waals surface area contributed by atoms with Crippen molar-refractivity contribution in [2.45, 2.75) is 13.5 Å². The quantitative estimate of drug-likeness (QED) is 0.800. The summed E-state index contributed by atoms with van der Waals surface area (Å²) in [5, 5.41) is 2.79. The fourth-order valence-corrected chi connectivity index (χ4v) is 2.37. The smallest absolute Gasteiger partial charge is 0.258 e. The molecule has 0 aliphatic rings. The molecule has 0 aliphatic heterocycles. The first kappa shape index (κ1) is 15.0. The van der Waals surface area contributed by atoms with E-state index in [9.17, 15) is 9.18 Å². The third kappa shape index (κ3) is 3.29. The van der Waals surface area contributed by atoms with Crippen molar-refractivity contribution in [1.29, 1.82) is 0 Å². The zero-order valence-electron chi connectivity index (χ0n) is 12.7. The molecule has 116 valence electrons. The molecule has 1 amide bonds. The number of nitrogens with zero attached hydrogens (tertiary/aromatic N) is 2. The summed E-state index contributed by atoms with van der Waals surface area (Å²) in [5.74, 6) is -0.105. The summed E-state index contributed by atoms with van der Waals surface area (Å²) in [6, 6.07) is 13.4. The van der Waals surface area contributed by atoms with Gasteiger partial charge in [-0.25, -0.2) is 9.37 Å². The van der Waals surface area contributed by atoms with Crippen molar-refractivity contribution >= 4 is 11.6 Å². The van der Waals surface area contributed by atoms with Crippen LogP contribution in [0.5, 0.6) is 0 Å². The molecule has 1 aromatic heterocycles. The van der Waals surface area contributed by atoms with Crippen LogP contribution in [0.3, 0.4) is 0 Å². The van der Waals surface area contributed by atoms with Crippen molar-refractivity contribution < 1.29 is 9.18 Å². The number of rotatable bonds is 4. The number of imidazole rings is 1. The number of para-hydroxylation sites is 1. The predicted octanol–water partition coefficient (Wildman–Crippen LogP) is 3.63. The van der Waals surface area contributed by atoms with Crippen LogP contribution >= 0.6 is 0 Å². The van der Waals surface area contributed by atoms with Gasteiger partial charge in [-0.1, -0.05) is 30.3 Å². The van der Waals surface area contributed by atoms with E-state index in [1.807, 2.05) is 35.9 Å². The molecule has 2 aromatic carbocycles. The maximum atomic E-state index is 13.7. The van der Waals surface area contributed by atoms with Gasteiger partial charge in [-0.05, 0) is 30.7 Å². The monoisotopic (exact) mass is 309 g/mol. The van der Waals surface area contributed by atoms with Crippen LogP contribution < -0.4 is 5.32 Å². The Balaban J connectivity index is 1.85. The molecule has 3 aromatic rings. The van der Waals surface area contributed by atoms with Gasteiger partial charge in [0.15, 0.2) is 0 Å². The maximum Gasteiger partial charge on any atom is 0.258 e. The molecular formula is C18H16FN3O. The molecule has 0 fully saturated rings. The van der Waals surface area contributed by atoms with E-state index >= 15 is 0 Å². The van der Waals surface area contributed by atoms with Crippen LogP contribution in [0.15, 0.2) is 60.9 Å². The second-order valence-corrected chi connectivity index (χ2v) is 5.19. The lowest BCUT2D eigenvalue weighted by Crippen LogP contribution is -2.15. The zero-order valence-corrected chi connectivity index (χ0v) is 12.7. The summed E-state index contributed by atoms with van der Waals surface area (Å²) in [6.45, 7) is 2.50. The highest BCUT2D eigenvalue weighted by Gasteiger charge is 2.13. The number of aromatic nitrogens is 2. The first-order chi connectivity index (χ1) is 11.1. The van der Waals surface area contributed by atoms with E-state index in [-0.39, 0.29) is 5.56 Å². The molecule has 0 saturated heterocycles. The highest BCUT2D eigenvalue weighted by molar-refractivity contribution is 6.04. The summed E-state index contributed by atoms with van der Waals surface area (Å²) >= 11 is 0. The average Bonchev–Trinajstić information content (AvgIpc) is 2.95. The molecule has 0 radical (unpaired) electrons. The van der Waals surface area contributed by atoms with Crippen LogP contribution in [0.4, 0.5) is 10.1 Å². The van der Waals surface area contributed by atoms with Gasteiger partial charge in [0.2, 0.25) is 0 Å². The van der Waals surface area contributed by atoms with Crippen molar-refractivity contribution in [2.75, 3.05) is 5.32 Å². The zero-order chi connectivity index (χ0) is 16.2. The van der Waals surface area contributed by atoms with Gasteiger partial charge in [0.25, 0.3) is 5.91 Å². The van der Waals surface area contributed by atoms with Crippen LogP contribution in [0.1, 0.15) is 21.7 Å². The van der Waals surface area contributed by atoms with Crippen molar-refractivity contribution in [3.05, 3.63) is 83.7 Å². The van der Waals surface area contributed by atoms with E-state index in [0.717, 1.165) is 11.4 Å². The van der Waals surface area contributed by atoms with Crippen LogP contribution in [-0.4, -0.2) is 15.5 Å². The topological polar surface area (TPSA) is 46.9 Å². The second kappa shape index (κ2) is 6.44. The molecular weight excluding hydrogens is 293 g/mol. The summed E-state index contributed by atoms with van der Waals surface area (Å²) in [6.07, 6.45) is 3.61. The van der Waals surface area contributed by atoms with Gasteiger partial charge in [-0.3, -0.25) is 4.79 Å². The number of halogens is 1. The minimum Gasteiger partial charge on any atom is -0.331 e.